The first-order valence-electron chi connectivity index (χ1n) is 6.84. The molecule has 2 N–H and O–H groups in total. The molecule has 0 aromatic carbocycles. The minimum Gasteiger partial charge on any atom is -0.329 e. The third-order valence-electron chi connectivity index (χ3n) is 4.63. The van der Waals surface area contributed by atoms with Crippen LogP contribution < -0.4 is 5.73 Å². The largest absolute Gasteiger partial charge is 0.329 e. The Bertz CT molecular complexity index is 241. The molecule has 0 radical (unpaired) electrons. The van der Waals surface area contributed by atoms with E-state index in [1.54, 1.807) is 0 Å². The number of nitrogens with two attached hydrogens (primary N) is 1. The summed E-state index contributed by atoms with van der Waals surface area (Å²) in [6.07, 6.45) is 3.90. The Kier molecular flexibility index (Phi) is 4.75. The van der Waals surface area contributed by atoms with Crippen LogP contribution in [0, 0.1) is 5.92 Å². The molecule has 2 aliphatic heterocycles. The van der Waals surface area contributed by atoms with Gasteiger partial charge in [-0.2, -0.15) is 11.8 Å². The predicted molar refractivity (Wildman–Crippen MR) is 76.6 cm³/mol. The van der Waals surface area contributed by atoms with Crippen molar-refractivity contribution in [3.63, 3.8) is 0 Å². The number of thioether (sulfide) groups is 1. The van der Waals surface area contributed by atoms with Crippen molar-refractivity contribution in [1.82, 2.24) is 9.80 Å². The van der Waals surface area contributed by atoms with E-state index in [2.05, 4.69) is 35.7 Å². The highest BCUT2D eigenvalue weighted by Crippen LogP contribution is 2.32. The van der Waals surface area contributed by atoms with Crippen LogP contribution in [0.4, 0.5) is 0 Å². The Morgan fingerprint density at radius 1 is 1.41 bits per heavy atom. The number of nitrogens with zero attached hydrogens (tertiary/aromatic N) is 2. The van der Waals surface area contributed by atoms with E-state index >= 15 is 0 Å². The number of rotatable bonds is 4. The second kappa shape index (κ2) is 5.91. The van der Waals surface area contributed by atoms with Crippen molar-refractivity contribution >= 4 is 11.8 Å². The summed E-state index contributed by atoms with van der Waals surface area (Å²) in [7, 11) is 4.52. The summed E-state index contributed by atoms with van der Waals surface area (Å²) in [4.78, 5) is 5.03. The molecule has 2 heterocycles. The van der Waals surface area contributed by atoms with E-state index in [1.165, 1.54) is 50.4 Å². The van der Waals surface area contributed by atoms with Gasteiger partial charge in [-0.25, -0.2) is 0 Å². The van der Waals surface area contributed by atoms with Crippen LogP contribution in [-0.4, -0.2) is 67.1 Å². The maximum absolute atomic E-state index is 6.08. The van der Waals surface area contributed by atoms with Crippen molar-refractivity contribution in [1.29, 1.82) is 0 Å². The van der Waals surface area contributed by atoms with Crippen LogP contribution in [0.2, 0.25) is 0 Å². The highest BCUT2D eigenvalue weighted by Gasteiger charge is 2.36. The molecule has 0 amide bonds. The molecular formula is C13H27N3S. The Morgan fingerprint density at radius 2 is 2.12 bits per heavy atom. The van der Waals surface area contributed by atoms with Crippen LogP contribution in [0.25, 0.3) is 0 Å². The van der Waals surface area contributed by atoms with Crippen LogP contribution in [0.3, 0.4) is 0 Å². The maximum Gasteiger partial charge on any atom is 0.0344 e. The SMILES string of the molecule is CN1CCC(CN(C)C2(CN)CCSCC2)C1. The normalized spacial score (nSPS) is 30.0. The molecule has 3 nitrogen and oxygen atoms in total. The molecule has 2 rings (SSSR count). The average molecular weight is 257 g/mol. The highest BCUT2D eigenvalue weighted by molar-refractivity contribution is 7.99. The van der Waals surface area contributed by atoms with Gasteiger partial charge in [-0.1, -0.05) is 0 Å². The van der Waals surface area contributed by atoms with Gasteiger partial charge in [0.2, 0.25) is 0 Å². The summed E-state index contributed by atoms with van der Waals surface area (Å²) in [5, 5.41) is 0. The minimum atomic E-state index is 0.298. The first kappa shape index (κ1) is 13.7. The molecule has 0 aliphatic carbocycles. The molecule has 1 unspecified atom stereocenters. The van der Waals surface area contributed by atoms with Crippen molar-refractivity contribution in [2.45, 2.75) is 24.8 Å². The molecule has 1 atom stereocenters. The third-order valence-corrected chi connectivity index (χ3v) is 5.62. The van der Waals surface area contributed by atoms with Crippen molar-refractivity contribution in [3.05, 3.63) is 0 Å². The minimum absolute atomic E-state index is 0.298. The van der Waals surface area contributed by atoms with Crippen molar-refractivity contribution in [2.24, 2.45) is 11.7 Å². The van der Waals surface area contributed by atoms with Crippen LogP contribution in [-0.2, 0) is 0 Å². The Balaban J connectivity index is 1.90. The summed E-state index contributed by atoms with van der Waals surface area (Å²) in [6.45, 7) is 4.59. The van der Waals surface area contributed by atoms with Gasteiger partial charge in [-0.15, -0.1) is 0 Å². The van der Waals surface area contributed by atoms with E-state index < -0.39 is 0 Å². The van der Waals surface area contributed by atoms with Crippen LogP contribution in [0.15, 0.2) is 0 Å². The first-order chi connectivity index (χ1) is 8.16. The number of likely N-dealkylation sites (N-methyl/N-ethyl adjacent to an activating group) is 1. The van der Waals surface area contributed by atoms with Crippen LogP contribution in [0.1, 0.15) is 19.3 Å². The molecule has 0 aromatic heterocycles. The van der Waals surface area contributed by atoms with E-state index in [9.17, 15) is 0 Å². The number of likely N-dealkylation sites (tertiary alicyclic amines) is 1. The van der Waals surface area contributed by atoms with E-state index in [0.717, 1.165) is 12.5 Å². The molecule has 4 heteroatoms. The molecule has 0 aromatic rings. The van der Waals surface area contributed by atoms with Gasteiger partial charge >= 0.3 is 0 Å². The second-order valence-corrected chi connectivity index (χ2v) is 7.06. The summed E-state index contributed by atoms with van der Waals surface area (Å²) in [6, 6.07) is 0. The topological polar surface area (TPSA) is 32.5 Å². The highest BCUT2D eigenvalue weighted by atomic mass is 32.2. The monoisotopic (exact) mass is 257 g/mol. The van der Waals surface area contributed by atoms with E-state index in [4.69, 9.17) is 5.73 Å². The Morgan fingerprint density at radius 3 is 2.65 bits per heavy atom. The lowest BCUT2D eigenvalue weighted by molar-refractivity contribution is 0.0973. The summed E-state index contributed by atoms with van der Waals surface area (Å²) in [5.74, 6) is 3.42. The van der Waals surface area contributed by atoms with E-state index in [1.807, 2.05) is 0 Å². The van der Waals surface area contributed by atoms with E-state index in [0.29, 0.717) is 5.54 Å². The second-order valence-electron chi connectivity index (χ2n) is 5.84. The zero-order chi connectivity index (χ0) is 12.3. The van der Waals surface area contributed by atoms with Crippen LogP contribution >= 0.6 is 11.8 Å². The molecule has 0 saturated carbocycles. The summed E-state index contributed by atoms with van der Waals surface area (Å²) in [5.41, 5.74) is 6.38. The van der Waals surface area contributed by atoms with Crippen LogP contribution in [0.5, 0.6) is 0 Å². The lowest BCUT2D eigenvalue weighted by Crippen LogP contribution is -2.55. The molecule has 17 heavy (non-hydrogen) atoms. The van der Waals surface area contributed by atoms with Gasteiger partial charge in [0.25, 0.3) is 0 Å². The molecule has 0 spiro atoms. The summed E-state index contributed by atoms with van der Waals surface area (Å²) >= 11 is 2.08. The van der Waals surface area contributed by atoms with Gasteiger partial charge in [0.15, 0.2) is 0 Å². The van der Waals surface area contributed by atoms with Crippen molar-refractivity contribution < 1.29 is 0 Å². The van der Waals surface area contributed by atoms with Gasteiger partial charge in [-0.3, -0.25) is 4.90 Å². The van der Waals surface area contributed by atoms with Crippen molar-refractivity contribution in [3.8, 4) is 0 Å². The van der Waals surface area contributed by atoms with Gasteiger partial charge < -0.3 is 10.6 Å². The fourth-order valence-electron chi connectivity index (χ4n) is 3.25. The Labute approximate surface area is 110 Å². The zero-order valence-electron chi connectivity index (χ0n) is 11.3. The third kappa shape index (κ3) is 3.16. The fraction of sp³-hybridized carbons (Fsp3) is 1.00. The average Bonchev–Trinajstić information content (AvgIpc) is 2.75. The van der Waals surface area contributed by atoms with Gasteiger partial charge in [0.1, 0.15) is 0 Å². The molecule has 100 valence electrons. The standard InChI is InChI=1S/C13H27N3S/c1-15-6-3-12(9-15)10-16(2)13(11-14)4-7-17-8-5-13/h12H,3-11,14H2,1-2H3. The zero-order valence-corrected chi connectivity index (χ0v) is 12.1. The molecule has 0 bridgehead atoms. The fourth-order valence-corrected chi connectivity index (χ4v) is 4.50. The van der Waals surface area contributed by atoms with Gasteiger partial charge in [-0.05, 0) is 57.3 Å². The number of hydrogen-bond donors (Lipinski definition) is 1. The number of hydrogen-bond acceptors (Lipinski definition) is 4. The lowest BCUT2D eigenvalue weighted by Gasteiger charge is -2.44. The molecule has 2 fully saturated rings. The molecule has 2 saturated heterocycles. The van der Waals surface area contributed by atoms with Crippen molar-refractivity contribution in [2.75, 3.05) is 51.8 Å². The quantitative estimate of drug-likeness (QED) is 0.817. The van der Waals surface area contributed by atoms with Gasteiger partial charge in [0.05, 0.1) is 0 Å². The molecule has 2 aliphatic rings. The molecular weight excluding hydrogens is 230 g/mol. The smallest absolute Gasteiger partial charge is 0.0344 e. The Hall–Kier alpha value is 0.230. The summed E-state index contributed by atoms with van der Waals surface area (Å²) < 4.78 is 0. The maximum atomic E-state index is 6.08. The first-order valence-corrected chi connectivity index (χ1v) is 7.99. The lowest BCUT2D eigenvalue weighted by atomic mass is 9.89. The van der Waals surface area contributed by atoms with E-state index in [-0.39, 0.29) is 0 Å². The predicted octanol–water partition coefficient (Wildman–Crippen LogP) is 1.09. The van der Waals surface area contributed by atoms with Gasteiger partial charge in [0, 0.05) is 25.2 Å².